The van der Waals surface area contributed by atoms with Crippen molar-refractivity contribution in [3.63, 3.8) is 0 Å². The minimum atomic E-state index is -0.774. The van der Waals surface area contributed by atoms with Gasteiger partial charge in [-0.25, -0.2) is 15.0 Å². The lowest BCUT2D eigenvalue weighted by molar-refractivity contribution is -0.137. The van der Waals surface area contributed by atoms with E-state index in [2.05, 4.69) is 40.6 Å². The van der Waals surface area contributed by atoms with Crippen LogP contribution in [0.15, 0.2) is 42.6 Å². The van der Waals surface area contributed by atoms with Gasteiger partial charge in [-0.2, -0.15) is 0 Å². The summed E-state index contributed by atoms with van der Waals surface area (Å²) in [5.74, 6) is 1.50. The van der Waals surface area contributed by atoms with E-state index in [4.69, 9.17) is 9.47 Å². The predicted molar refractivity (Wildman–Crippen MR) is 178 cm³/mol. The molecule has 5 rings (SSSR count). The number of carboxylic acid groups (broad SMARTS) is 1. The number of ether oxygens (including phenoxy) is 2. The molecule has 3 aromatic rings. The van der Waals surface area contributed by atoms with Crippen molar-refractivity contribution in [2.45, 2.75) is 72.6 Å². The second kappa shape index (κ2) is 14.1. The van der Waals surface area contributed by atoms with Gasteiger partial charge in [-0.15, -0.1) is 0 Å². The van der Waals surface area contributed by atoms with Crippen LogP contribution >= 0.6 is 0 Å². The summed E-state index contributed by atoms with van der Waals surface area (Å²) in [6, 6.07) is 11.4. The number of carbonyl (C=O) groups excluding carboxylic acids is 1. The van der Waals surface area contributed by atoms with Crippen molar-refractivity contribution in [1.82, 2.24) is 15.0 Å². The molecule has 2 aromatic heterocycles. The Balaban J connectivity index is 1.29. The van der Waals surface area contributed by atoms with E-state index in [0.29, 0.717) is 48.1 Å². The minimum absolute atomic E-state index is 0.00619. The Bertz CT molecular complexity index is 1520. The fraction of sp³-hybridized carbons (Fsp3) is 0.528. The molecule has 1 saturated heterocycles. The van der Waals surface area contributed by atoms with E-state index in [0.717, 1.165) is 61.4 Å². The van der Waals surface area contributed by atoms with Gasteiger partial charge >= 0.3 is 5.97 Å². The van der Waals surface area contributed by atoms with Gasteiger partial charge in [0.15, 0.2) is 0 Å². The normalized spacial score (nSPS) is 16.2. The molecule has 246 valence electrons. The topological polar surface area (TPSA) is 118 Å². The summed E-state index contributed by atoms with van der Waals surface area (Å²) in [4.78, 5) is 43.4. The number of aryl methyl sites for hydroxylation is 2. The number of benzene rings is 1. The fourth-order valence-electron chi connectivity index (χ4n) is 6.28. The molecule has 1 aromatic carbocycles. The number of rotatable bonds is 12. The highest BCUT2D eigenvalue weighted by atomic mass is 16.5. The zero-order chi connectivity index (χ0) is 33.0. The molecule has 10 heteroatoms. The predicted octanol–water partition coefficient (Wildman–Crippen LogP) is 6.45. The van der Waals surface area contributed by atoms with E-state index in [-0.39, 0.29) is 23.7 Å². The van der Waals surface area contributed by atoms with Gasteiger partial charge in [-0.05, 0) is 92.5 Å². The van der Waals surface area contributed by atoms with Crippen LogP contribution < -0.4 is 19.3 Å². The first kappa shape index (κ1) is 33.2. The maximum atomic E-state index is 14.3. The molecular weight excluding hydrogens is 582 g/mol. The van der Waals surface area contributed by atoms with Crippen LogP contribution in [0.25, 0.3) is 0 Å². The molecule has 2 aliphatic rings. The lowest BCUT2D eigenvalue weighted by Gasteiger charge is -2.35. The van der Waals surface area contributed by atoms with Crippen molar-refractivity contribution >= 4 is 23.5 Å². The number of hydrogen-bond donors (Lipinski definition) is 1. The van der Waals surface area contributed by atoms with Crippen molar-refractivity contribution < 1.29 is 24.2 Å². The van der Waals surface area contributed by atoms with Gasteiger partial charge in [-0.3, -0.25) is 14.5 Å². The molecule has 1 aliphatic heterocycles. The fourth-order valence-corrected chi connectivity index (χ4v) is 6.28. The summed E-state index contributed by atoms with van der Waals surface area (Å²) in [6.45, 7) is 12.7. The largest absolute Gasteiger partial charge is 0.497 e. The Labute approximate surface area is 272 Å². The Morgan fingerprint density at radius 1 is 1.02 bits per heavy atom. The molecule has 1 saturated carbocycles. The average Bonchev–Trinajstić information content (AvgIpc) is 3.86. The van der Waals surface area contributed by atoms with Crippen LogP contribution in [0.2, 0.25) is 0 Å². The van der Waals surface area contributed by atoms with E-state index in [1.54, 1.807) is 18.2 Å². The van der Waals surface area contributed by atoms with Crippen LogP contribution in [-0.2, 0) is 4.79 Å². The summed E-state index contributed by atoms with van der Waals surface area (Å²) in [7, 11) is 1.64. The Kier molecular flexibility index (Phi) is 10.1. The molecule has 1 aliphatic carbocycles. The highest BCUT2D eigenvalue weighted by Gasteiger charge is 2.34. The quantitative estimate of drug-likeness (QED) is 0.241. The average molecular weight is 630 g/mol. The van der Waals surface area contributed by atoms with Crippen molar-refractivity contribution in [2.24, 2.45) is 17.3 Å². The minimum Gasteiger partial charge on any atom is -0.497 e. The monoisotopic (exact) mass is 629 g/mol. The number of anilines is 2. The first-order chi connectivity index (χ1) is 21.9. The Morgan fingerprint density at radius 2 is 1.72 bits per heavy atom. The highest BCUT2D eigenvalue weighted by Crippen LogP contribution is 2.45. The number of carboxylic acids is 1. The zero-order valence-electron chi connectivity index (χ0n) is 28.0. The van der Waals surface area contributed by atoms with Gasteiger partial charge < -0.3 is 19.5 Å². The highest BCUT2D eigenvalue weighted by molar-refractivity contribution is 6.09. The molecular formula is C36H47N5O5. The Morgan fingerprint density at radius 3 is 2.33 bits per heavy atom. The third-order valence-corrected chi connectivity index (χ3v) is 8.72. The van der Waals surface area contributed by atoms with E-state index >= 15 is 0 Å². The summed E-state index contributed by atoms with van der Waals surface area (Å²) >= 11 is 0. The van der Waals surface area contributed by atoms with Gasteiger partial charge in [-0.1, -0.05) is 20.8 Å². The summed E-state index contributed by atoms with van der Waals surface area (Å²) in [5, 5.41) is 9.40. The van der Waals surface area contributed by atoms with Gasteiger partial charge in [0.05, 0.1) is 31.4 Å². The number of nitrogens with zero attached hydrogens (tertiary/aromatic N) is 5. The Hall–Kier alpha value is -4.21. The zero-order valence-corrected chi connectivity index (χ0v) is 28.0. The van der Waals surface area contributed by atoms with Crippen molar-refractivity contribution in [3.8, 4) is 11.6 Å². The van der Waals surface area contributed by atoms with Crippen LogP contribution in [0, 0.1) is 31.1 Å². The van der Waals surface area contributed by atoms with Crippen LogP contribution in [0.5, 0.6) is 11.6 Å². The number of carbonyl (C=O) groups is 2. The molecule has 1 N–H and O–H groups in total. The van der Waals surface area contributed by atoms with Crippen LogP contribution in [0.1, 0.15) is 86.1 Å². The third kappa shape index (κ3) is 8.53. The van der Waals surface area contributed by atoms with Gasteiger partial charge in [0.1, 0.15) is 5.75 Å². The molecule has 46 heavy (non-hydrogen) atoms. The summed E-state index contributed by atoms with van der Waals surface area (Å²) in [5.41, 5.74) is 3.88. The number of piperidine rings is 1. The number of pyridine rings is 1. The van der Waals surface area contributed by atoms with E-state index in [1.807, 2.05) is 50.2 Å². The van der Waals surface area contributed by atoms with Gasteiger partial charge in [0, 0.05) is 49.4 Å². The number of aromatic nitrogens is 3. The molecule has 0 unspecified atom stereocenters. The van der Waals surface area contributed by atoms with Crippen LogP contribution in [0.4, 0.5) is 11.6 Å². The molecule has 0 radical (unpaired) electrons. The van der Waals surface area contributed by atoms with E-state index in [9.17, 15) is 14.7 Å². The maximum Gasteiger partial charge on any atom is 0.303 e. The SMILES string of the molecule is COc1ccc(C(=O)N(CC(C)(C)C)c2nc(C)cc(C)n2)c(N2CCC(COc3cc([C@@H](CC(=O)O)C4CC4)ccn3)CC2)c1. The second-order valence-electron chi connectivity index (χ2n) is 14.0. The van der Waals surface area contributed by atoms with Gasteiger partial charge in [0.25, 0.3) is 5.91 Å². The van der Waals surface area contributed by atoms with Crippen LogP contribution in [0.3, 0.4) is 0 Å². The summed E-state index contributed by atoms with van der Waals surface area (Å²) < 4.78 is 11.7. The smallest absolute Gasteiger partial charge is 0.303 e. The van der Waals surface area contributed by atoms with Crippen molar-refractivity contribution in [3.05, 3.63) is 65.1 Å². The summed E-state index contributed by atoms with van der Waals surface area (Å²) in [6.07, 6.45) is 5.78. The standard InChI is InChI=1S/C36H47N5O5/c1-23-17-24(2)39-35(38-23)41(22-36(3,4)5)34(44)29-10-9-28(45-6)19-31(29)40-15-12-25(13-16-40)21-46-32-18-27(11-14-37-32)30(20-33(42)43)26-7-8-26/h9-11,14,17-19,25-26,30H,7-8,12-13,15-16,20-22H2,1-6H3,(H,42,43)/t30-/m0/s1. The molecule has 2 fully saturated rings. The van der Waals surface area contributed by atoms with Crippen molar-refractivity contribution in [2.75, 3.05) is 43.2 Å². The van der Waals surface area contributed by atoms with E-state index < -0.39 is 5.97 Å². The molecule has 3 heterocycles. The molecule has 0 bridgehead atoms. The number of aliphatic carboxylic acids is 1. The number of amides is 1. The maximum absolute atomic E-state index is 14.3. The number of methoxy groups -OCH3 is 1. The lowest BCUT2D eigenvalue weighted by atomic mass is 9.92. The first-order valence-corrected chi connectivity index (χ1v) is 16.3. The number of hydrogen-bond acceptors (Lipinski definition) is 8. The second-order valence-corrected chi connectivity index (χ2v) is 14.0. The lowest BCUT2D eigenvalue weighted by Crippen LogP contribution is -2.41. The van der Waals surface area contributed by atoms with Gasteiger partial charge in [0.2, 0.25) is 11.8 Å². The first-order valence-electron chi connectivity index (χ1n) is 16.3. The molecule has 1 atom stereocenters. The molecule has 0 spiro atoms. The third-order valence-electron chi connectivity index (χ3n) is 8.72. The molecule has 10 nitrogen and oxygen atoms in total. The molecule has 1 amide bonds. The van der Waals surface area contributed by atoms with E-state index in [1.165, 1.54) is 0 Å². The van der Waals surface area contributed by atoms with Crippen LogP contribution in [-0.4, -0.2) is 65.3 Å². The van der Waals surface area contributed by atoms with Crippen molar-refractivity contribution in [1.29, 1.82) is 0 Å².